The average Bonchev–Trinajstić information content (AvgIpc) is 2.42. The van der Waals surface area contributed by atoms with Crippen LogP contribution < -0.4 is 16.0 Å². The summed E-state index contributed by atoms with van der Waals surface area (Å²) in [5.41, 5.74) is 8.13. The summed E-state index contributed by atoms with van der Waals surface area (Å²) in [6.07, 6.45) is 0. The summed E-state index contributed by atoms with van der Waals surface area (Å²) in [5, 5.41) is 3.28. The second kappa shape index (κ2) is 6.33. The maximum atomic E-state index is 11.8. The molecule has 1 saturated heterocycles. The highest BCUT2D eigenvalue weighted by atomic mass is 35.5. The van der Waals surface area contributed by atoms with Crippen LogP contribution in [0.1, 0.15) is 13.8 Å². The molecule has 0 saturated carbocycles. The van der Waals surface area contributed by atoms with Gasteiger partial charge in [0.05, 0.1) is 35.3 Å². The molecule has 1 fully saturated rings. The van der Waals surface area contributed by atoms with E-state index in [4.69, 9.17) is 22.1 Å². The molecule has 110 valence electrons. The fourth-order valence-corrected chi connectivity index (χ4v) is 2.25. The molecule has 0 unspecified atom stereocenters. The topological polar surface area (TPSA) is 67.6 Å². The molecule has 1 aromatic carbocycles. The van der Waals surface area contributed by atoms with Gasteiger partial charge in [-0.1, -0.05) is 25.4 Å². The third-order valence-corrected chi connectivity index (χ3v) is 3.56. The van der Waals surface area contributed by atoms with E-state index in [9.17, 15) is 4.79 Å². The van der Waals surface area contributed by atoms with Crippen LogP contribution in [0.15, 0.2) is 12.1 Å². The van der Waals surface area contributed by atoms with Crippen LogP contribution in [0, 0.1) is 5.92 Å². The van der Waals surface area contributed by atoms with Crippen LogP contribution >= 0.6 is 11.6 Å². The Kier molecular flexibility index (Phi) is 4.73. The molecule has 1 aliphatic heterocycles. The van der Waals surface area contributed by atoms with Crippen molar-refractivity contribution < 1.29 is 9.53 Å². The van der Waals surface area contributed by atoms with Crippen molar-refractivity contribution in [2.24, 2.45) is 5.92 Å². The Hall–Kier alpha value is -1.46. The molecule has 0 aliphatic carbocycles. The molecule has 0 radical (unpaired) electrons. The smallest absolute Gasteiger partial charge is 0.226 e. The first-order chi connectivity index (χ1) is 9.49. The van der Waals surface area contributed by atoms with E-state index in [0.29, 0.717) is 29.6 Å². The minimum absolute atomic E-state index is 0.0652. The van der Waals surface area contributed by atoms with Crippen molar-refractivity contribution >= 4 is 34.6 Å². The quantitative estimate of drug-likeness (QED) is 0.841. The molecule has 5 nitrogen and oxygen atoms in total. The number of carbonyl (C=O) groups is 1. The second-order valence-corrected chi connectivity index (χ2v) is 5.54. The highest BCUT2D eigenvalue weighted by Crippen LogP contribution is 2.34. The SMILES string of the molecule is CC(C)C(=O)Nc1cc(N2CCOCC2)c(N)cc1Cl. The van der Waals surface area contributed by atoms with E-state index >= 15 is 0 Å². The Morgan fingerprint density at radius 1 is 1.40 bits per heavy atom. The van der Waals surface area contributed by atoms with Crippen LogP contribution in [0.2, 0.25) is 5.02 Å². The lowest BCUT2D eigenvalue weighted by molar-refractivity contribution is -0.118. The molecule has 1 aliphatic rings. The predicted molar refractivity (Wildman–Crippen MR) is 82.4 cm³/mol. The van der Waals surface area contributed by atoms with Gasteiger partial charge in [-0.25, -0.2) is 0 Å². The normalized spacial score (nSPS) is 15.5. The van der Waals surface area contributed by atoms with Gasteiger partial charge < -0.3 is 20.7 Å². The molecular formula is C14H20ClN3O2. The Balaban J connectivity index is 2.26. The minimum Gasteiger partial charge on any atom is -0.397 e. The number of rotatable bonds is 3. The van der Waals surface area contributed by atoms with E-state index in [1.54, 1.807) is 6.07 Å². The van der Waals surface area contributed by atoms with E-state index in [1.165, 1.54) is 0 Å². The number of nitrogens with one attached hydrogen (secondary N) is 1. The fourth-order valence-electron chi connectivity index (χ4n) is 2.03. The monoisotopic (exact) mass is 297 g/mol. The fraction of sp³-hybridized carbons (Fsp3) is 0.500. The van der Waals surface area contributed by atoms with E-state index in [1.807, 2.05) is 19.9 Å². The summed E-state index contributed by atoms with van der Waals surface area (Å²) in [4.78, 5) is 13.9. The molecule has 2 rings (SSSR count). The van der Waals surface area contributed by atoms with Gasteiger partial charge in [-0.3, -0.25) is 4.79 Å². The van der Waals surface area contributed by atoms with Crippen LogP contribution in [0.3, 0.4) is 0 Å². The van der Waals surface area contributed by atoms with E-state index < -0.39 is 0 Å². The molecule has 0 bridgehead atoms. The number of ether oxygens (including phenoxy) is 1. The first kappa shape index (κ1) is 14.9. The number of carbonyl (C=O) groups excluding carboxylic acids is 1. The van der Waals surface area contributed by atoms with Gasteiger partial charge in [0.2, 0.25) is 5.91 Å². The number of halogens is 1. The lowest BCUT2D eigenvalue weighted by Crippen LogP contribution is -2.36. The largest absolute Gasteiger partial charge is 0.397 e. The Labute approximate surface area is 124 Å². The van der Waals surface area contributed by atoms with Crippen molar-refractivity contribution in [1.29, 1.82) is 0 Å². The number of amides is 1. The Morgan fingerprint density at radius 2 is 2.05 bits per heavy atom. The zero-order valence-corrected chi connectivity index (χ0v) is 12.5. The van der Waals surface area contributed by atoms with Gasteiger partial charge in [-0.15, -0.1) is 0 Å². The van der Waals surface area contributed by atoms with Gasteiger partial charge in [-0.2, -0.15) is 0 Å². The third kappa shape index (κ3) is 3.35. The van der Waals surface area contributed by atoms with Crippen molar-refractivity contribution in [1.82, 2.24) is 0 Å². The standard InChI is InChI=1S/C14H20ClN3O2/c1-9(2)14(19)17-12-8-13(11(16)7-10(12)15)18-3-5-20-6-4-18/h7-9H,3-6,16H2,1-2H3,(H,17,19). The Morgan fingerprint density at radius 3 is 2.65 bits per heavy atom. The van der Waals surface area contributed by atoms with Gasteiger partial charge in [-0.05, 0) is 12.1 Å². The van der Waals surface area contributed by atoms with Gasteiger partial charge in [0, 0.05) is 19.0 Å². The number of nitrogen functional groups attached to an aromatic ring is 1. The van der Waals surface area contributed by atoms with E-state index in [0.717, 1.165) is 18.8 Å². The number of morpholine rings is 1. The van der Waals surface area contributed by atoms with Gasteiger partial charge >= 0.3 is 0 Å². The van der Waals surface area contributed by atoms with Gasteiger partial charge in [0.1, 0.15) is 0 Å². The molecule has 0 atom stereocenters. The lowest BCUT2D eigenvalue weighted by atomic mass is 10.1. The molecule has 1 aromatic rings. The van der Waals surface area contributed by atoms with Gasteiger partial charge in [0.15, 0.2) is 0 Å². The van der Waals surface area contributed by atoms with Crippen LogP contribution in [-0.4, -0.2) is 32.2 Å². The number of anilines is 3. The summed E-state index contributed by atoms with van der Waals surface area (Å²) in [5.74, 6) is -0.167. The van der Waals surface area contributed by atoms with E-state index in [-0.39, 0.29) is 11.8 Å². The number of benzene rings is 1. The molecule has 1 heterocycles. The van der Waals surface area contributed by atoms with Crippen molar-refractivity contribution in [2.75, 3.05) is 42.3 Å². The minimum atomic E-state index is -0.101. The molecular weight excluding hydrogens is 278 g/mol. The maximum Gasteiger partial charge on any atom is 0.226 e. The lowest BCUT2D eigenvalue weighted by Gasteiger charge is -2.30. The highest BCUT2D eigenvalue weighted by Gasteiger charge is 2.17. The summed E-state index contributed by atoms with van der Waals surface area (Å²) in [6.45, 7) is 6.59. The van der Waals surface area contributed by atoms with Crippen LogP contribution in [0.5, 0.6) is 0 Å². The molecule has 0 spiro atoms. The number of hydrogen-bond donors (Lipinski definition) is 2. The number of hydrogen-bond acceptors (Lipinski definition) is 4. The molecule has 1 amide bonds. The first-order valence-corrected chi connectivity index (χ1v) is 7.09. The summed E-state index contributed by atoms with van der Waals surface area (Å²) in [6, 6.07) is 3.52. The summed E-state index contributed by atoms with van der Waals surface area (Å²) in [7, 11) is 0. The molecule has 6 heteroatoms. The number of nitrogens with zero attached hydrogens (tertiary/aromatic N) is 1. The summed E-state index contributed by atoms with van der Waals surface area (Å²) >= 11 is 6.15. The van der Waals surface area contributed by atoms with Crippen LogP contribution in [0.25, 0.3) is 0 Å². The first-order valence-electron chi connectivity index (χ1n) is 6.71. The van der Waals surface area contributed by atoms with Gasteiger partial charge in [0.25, 0.3) is 0 Å². The van der Waals surface area contributed by atoms with Crippen molar-refractivity contribution in [3.8, 4) is 0 Å². The zero-order valence-electron chi connectivity index (χ0n) is 11.8. The third-order valence-electron chi connectivity index (χ3n) is 3.25. The van der Waals surface area contributed by atoms with Crippen molar-refractivity contribution in [3.63, 3.8) is 0 Å². The molecule has 20 heavy (non-hydrogen) atoms. The predicted octanol–water partition coefficient (Wildman–Crippen LogP) is 2.35. The van der Waals surface area contributed by atoms with E-state index in [2.05, 4.69) is 10.2 Å². The molecule has 3 N–H and O–H groups in total. The second-order valence-electron chi connectivity index (χ2n) is 5.13. The number of nitrogens with two attached hydrogens (primary N) is 1. The molecule has 0 aromatic heterocycles. The van der Waals surface area contributed by atoms with Crippen LogP contribution in [-0.2, 0) is 9.53 Å². The maximum absolute atomic E-state index is 11.8. The average molecular weight is 298 g/mol. The Bertz CT molecular complexity index is 499. The summed E-state index contributed by atoms with van der Waals surface area (Å²) < 4.78 is 5.33. The van der Waals surface area contributed by atoms with Crippen molar-refractivity contribution in [2.45, 2.75) is 13.8 Å². The van der Waals surface area contributed by atoms with Crippen molar-refractivity contribution in [3.05, 3.63) is 17.2 Å². The highest BCUT2D eigenvalue weighted by molar-refractivity contribution is 6.34. The zero-order chi connectivity index (χ0) is 14.7. The van der Waals surface area contributed by atoms with Crippen LogP contribution in [0.4, 0.5) is 17.1 Å².